The molecule has 26 heavy (non-hydrogen) atoms. The highest BCUT2D eigenvalue weighted by atomic mass is 15.1. The molecule has 1 saturated heterocycles. The van der Waals surface area contributed by atoms with Gasteiger partial charge in [0.25, 0.3) is 0 Å². The molecule has 1 aromatic heterocycles. The first-order valence-corrected chi connectivity index (χ1v) is 9.14. The second-order valence-corrected chi connectivity index (χ2v) is 6.86. The Morgan fingerprint density at radius 1 is 1.04 bits per heavy atom. The second kappa shape index (κ2) is 7.55. The standard InChI is InChI=1S/C22H22N4/c23-14-18-15-24-21-9-5-4-8-20(21)22(18)25-19-10-12-26(13-11-19)16-17-6-2-1-3-7-17/h1-9,15,19H,10-13,16H2,(H,24,25). The number of nitriles is 1. The molecule has 3 aromatic rings. The molecule has 2 heterocycles. The van der Waals surface area contributed by atoms with Gasteiger partial charge in [0.05, 0.1) is 16.8 Å². The zero-order chi connectivity index (χ0) is 17.8. The van der Waals surface area contributed by atoms with Crippen LogP contribution >= 0.6 is 0 Å². The molecule has 130 valence electrons. The van der Waals surface area contributed by atoms with E-state index in [1.54, 1.807) is 6.20 Å². The van der Waals surface area contributed by atoms with Gasteiger partial charge in [-0.25, -0.2) is 0 Å². The van der Waals surface area contributed by atoms with Crippen LogP contribution in [0.5, 0.6) is 0 Å². The SMILES string of the molecule is N#Cc1cnc2ccccc2c1NC1CCN(Cc2ccccc2)CC1. The van der Waals surface area contributed by atoms with E-state index in [1.165, 1.54) is 5.56 Å². The predicted octanol–water partition coefficient (Wildman–Crippen LogP) is 4.18. The van der Waals surface area contributed by atoms with Crippen LogP contribution in [0.2, 0.25) is 0 Å². The highest BCUT2D eigenvalue weighted by Gasteiger charge is 2.21. The lowest BCUT2D eigenvalue weighted by Gasteiger charge is -2.33. The molecule has 4 rings (SSSR count). The number of pyridine rings is 1. The van der Waals surface area contributed by atoms with Crippen molar-refractivity contribution in [1.82, 2.24) is 9.88 Å². The number of fused-ring (bicyclic) bond motifs is 1. The van der Waals surface area contributed by atoms with Crippen LogP contribution in [0.1, 0.15) is 24.0 Å². The number of hydrogen-bond acceptors (Lipinski definition) is 4. The van der Waals surface area contributed by atoms with E-state index in [9.17, 15) is 5.26 Å². The third-order valence-corrected chi connectivity index (χ3v) is 5.08. The normalized spacial score (nSPS) is 15.7. The summed E-state index contributed by atoms with van der Waals surface area (Å²) in [6.07, 6.45) is 3.83. The molecule has 1 aliphatic heterocycles. The first-order chi connectivity index (χ1) is 12.8. The summed E-state index contributed by atoms with van der Waals surface area (Å²) in [7, 11) is 0. The average Bonchev–Trinajstić information content (AvgIpc) is 2.70. The van der Waals surface area contributed by atoms with Crippen molar-refractivity contribution >= 4 is 16.6 Å². The number of piperidine rings is 1. The molecular formula is C22H22N4. The quantitative estimate of drug-likeness (QED) is 0.773. The van der Waals surface area contributed by atoms with Crippen LogP contribution in [0.4, 0.5) is 5.69 Å². The van der Waals surface area contributed by atoms with E-state index in [4.69, 9.17) is 0 Å². The molecule has 0 aliphatic carbocycles. The Labute approximate surface area is 154 Å². The summed E-state index contributed by atoms with van der Waals surface area (Å²) in [5, 5.41) is 14.1. The number of hydrogen-bond donors (Lipinski definition) is 1. The Bertz CT molecular complexity index is 922. The molecule has 0 amide bonds. The average molecular weight is 342 g/mol. The van der Waals surface area contributed by atoms with Gasteiger partial charge in [0.2, 0.25) is 0 Å². The number of rotatable bonds is 4. The van der Waals surface area contributed by atoms with Crippen LogP contribution in [0.15, 0.2) is 60.8 Å². The largest absolute Gasteiger partial charge is 0.381 e. The molecule has 4 heteroatoms. The highest BCUT2D eigenvalue weighted by Crippen LogP contribution is 2.28. The molecular weight excluding hydrogens is 320 g/mol. The Morgan fingerprint density at radius 2 is 1.77 bits per heavy atom. The van der Waals surface area contributed by atoms with Crippen LogP contribution in [-0.2, 0) is 6.54 Å². The Balaban J connectivity index is 1.45. The molecule has 0 unspecified atom stereocenters. The van der Waals surface area contributed by atoms with Gasteiger partial charge in [0, 0.05) is 37.3 Å². The first-order valence-electron chi connectivity index (χ1n) is 9.14. The molecule has 0 bridgehead atoms. The van der Waals surface area contributed by atoms with E-state index >= 15 is 0 Å². The second-order valence-electron chi connectivity index (χ2n) is 6.86. The van der Waals surface area contributed by atoms with Gasteiger partial charge in [-0.05, 0) is 24.5 Å². The number of aromatic nitrogens is 1. The van der Waals surface area contributed by atoms with Gasteiger partial charge < -0.3 is 5.32 Å². The number of likely N-dealkylation sites (tertiary alicyclic amines) is 1. The maximum atomic E-state index is 9.48. The molecule has 0 saturated carbocycles. The topological polar surface area (TPSA) is 52.0 Å². The minimum Gasteiger partial charge on any atom is -0.381 e. The fourth-order valence-corrected chi connectivity index (χ4v) is 3.66. The third kappa shape index (κ3) is 3.54. The number of nitrogens with zero attached hydrogens (tertiary/aromatic N) is 3. The summed E-state index contributed by atoms with van der Waals surface area (Å²) in [4.78, 5) is 6.90. The highest BCUT2D eigenvalue weighted by molar-refractivity contribution is 5.93. The van der Waals surface area contributed by atoms with Gasteiger partial charge in [0.15, 0.2) is 0 Å². The summed E-state index contributed by atoms with van der Waals surface area (Å²) in [6, 6.07) is 21.3. The first kappa shape index (κ1) is 16.6. The molecule has 0 atom stereocenters. The van der Waals surface area contributed by atoms with E-state index in [0.29, 0.717) is 11.6 Å². The van der Waals surface area contributed by atoms with E-state index in [1.807, 2.05) is 24.3 Å². The summed E-state index contributed by atoms with van der Waals surface area (Å²) in [5.41, 5.74) is 3.84. The Kier molecular flexibility index (Phi) is 4.81. The van der Waals surface area contributed by atoms with Gasteiger partial charge in [-0.2, -0.15) is 5.26 Å². The smallest absolute Gasteiger partial charge is 0.103 e. The van der Waals surface area contributed by atoms with Gasteiger partial charge in [-0.15, -0.1) is 0 Å². The van der Waals surface area contributed by atoms with Crippen molar-refractivity contribution in [2.75, 3.05) is 18.4 Å². The lowest BCUT2D eigenvalue weighted by atomic mass is 10.0. The summed E-state index contributed by atoms with van der Waals surface area (Å²) in [6.45, 7) is 3.14. The van der Waals surface area contributed by atoms with Crippen molar-refractivity contribution in [1.29, 1.82) is 5.26 Å². The lowest BCUT2D eigenvalue weighted by molar-refractivity contribution is 0.211. The van der Waals surface area contributed by atoms with Crippen molar-refractivity contribution in [2.45, 2.75) is 25.4 Å². The minimum absolute atomic E-state index is 0.389. The van der Waals surface area contributed by atoms with Crippen molar-refractivity contribution < 1.29 is 0 Å². The number of para-hydroxylation sites is 1. The fraction of sp³-hybridized carbons (Fsp3) is 0.273. The van der Waals surface area contributed by atoms with Crippen LogP contribution in [-0.4, -0.2) is 29.0 Å². The number of anilines is 1. The monoisotopic (exact) mass is 342 g/mol. The summed E-state index contributed by atoms with van der Waals surface area (Å²) < 4.78 is 0. The molecule has 0 spiro atoms. The van der Waals surface area contributed by atoms with Crippen LogP contribution in [0.25, 0.3) is 10.9 Å². The molecule has 2 aromatic carbocycles. The number of nitrogens with one attached hydrogen (secondary N) is 1. The van der Waals surface area contributed by atoms with Crippen molar-refractivity contribution in [3.8, 4) is 6.07 Å². The van der Waals surface area contributed by atoms with Crippen LogP contribution in [0.3, 0.4) is 0 Å². The van der Waals surface area contributed by atoms with E-state index in [2.05, 4.69) is 51.6 Å². The van der Waals surface area contributed by atoms with Gasteiger partial charge in [-0.3, -0.25) is 9.88 Å². The van der Waals surface area contributed by atoms with Crippen molar-refractivity contribution in [2.24, 2.45) is 0 Å². The number of benzene rings is 2. The van der Waals surface area contributed by atoms with Gasteiger partial charge in [0.1, 0.15) is 6.07 Å². The predicted molar refractivity (Wildman–Crippen MR) is 105 cm³/mol. The van der Waals surface area contributed by atoms with Crippen LogP contribution < -0.4 is 5.32 Å². The van der Waals surface area contributed by atoms with E-state index in [0.717, 1.165) is 49.1 Å². The van der Waals surface area contributed by atoms with Crippen molar-refractivity contribution in [3.05, 3.63) is 71.9 Å². The maximum Gasteiger partial charge on any atom is 0.103 e. The zero-order valence-corrected chi connectivity index (χ0v) is 14.7. The lowest BCUT2D eigenvalue weighted by Crippen LogP contribution is -2.38. The van der Waals surface area contributed by atoms with E-state index in [-0.39, 0.29) is 0 Å². The molecule has 1 fully saturated rings. The van der Waals surface area contributed by atoms with Crippen molar-refractivity contribution in [3.63, 3.8) is 0 Å². The van der Waals surface area contributed by atoms with E-state index < -0.39 is 0 Å². The molecule has 0 radical (unpaired) electrons. The van der Waals surface area contributed by atoms with Gasteiger partial charge in [-0.1, -0.05) is 48.5 Å². The maximum absolute atomic E-state index is 9.48. The third-order valence-electron chi connectivity index (χ3n) is 5.08. The minimum atomic E-state index is 0.389. The summed E-state index contributed by atoms with van der Waals surface area (Å²) >= 11 is 0. The Morgan fingerprint density at radius 3 is 2.54 bits per heavy atom. The zero-order valence-electron chi connectivity index (χ0n) is 14.7. The van der Waals surface area contributed by atoms with Gasteiger partial charge >= 0.3 is 0 Å². The summed E-state index contributed by atoms with van der Waals surface area (Å²) in [5.74, 6) is 0. The van der Waals surface area contributed by atoms with Crippen LogP contribution in [0, 0.1) is 11.3 Å². The fourth-order valence-electron chi connectivity index (χ4n) is 3.66. The molecule has 1 N–H and O–H groups in total. The Hall–Kier alpha value is -2.90. The molecule has 4 nitrogen and oxygen atoms in total. The molecule has 1 aliphatic rings.